The van der Waals surface area contributed by atoms with E-state index in [1.165, 1.54) is 57.8 Å². The third-order valence-electron chi connectivity index (χ3n) is 12.0. The molecule has 0 heterocycles. The van der Waals surface area contributed by atoms with Gasteiger partial charge in [0.2, 0.25) is 0 Å². The van der Waals surface area contributed by atoms with Gasteiger partial charge >= 0.3 is 0 Å². The topological polar surface area (TPSA) is 0 Å². The molecular formula is C36H72. The molecule has 3 fully saturated rings. The van der Waals surface area contributed by atoms with Crippen LogP contribution in [0.25, 0.3) is 0 Å². The van der Waals surface area contributed by atoms with Crippen LogP contribution in [0.15, 0.2) is 0 Å². The van der Waals surface area contributed by atoms with Crippen molar-refractivity contribution in [1.82, 2.24) is 0 Å². The Kier molecular flexibility index (Phi) is 9.64. The highest BCUT2D eigenvalue weighted by molar-refractivity contribution is 5.08. The maximum absolute atomic E-state index is 2.42. The van der Waals surface area contributed by atoms with Gasteiger partial charge in [-0.05, 0) is 87.3 Å². The zero-order valence-electron chi connectivity index (χ0n) is 28.9. The predicted molar refractivity (Wildman–Crippen MR) is 166 cm³/mol. The summed E-state index contributed by atoms with van der Waals surface area (Å²) in [4.78, 5) is 0. The van der Waals surface area contributed by atoms with Gasteiger partial charge in [0.05, 0.1) is 0 Å². The van der Waals surface area contributed by atoms with Crippen molar-refractivity contribution in [1.29, 1.82) is 0 Å². The van der Waals surface area contributed by atoms with Crippen LogP contribution in [0.2, 0.25) is 0 Å². The van der Waals surface area contributed by atoms with Gasteiger partial charge in [0.15, 0.2) is 0 Å². The van der Waals surface area contributed by atoms with E-state index in [-0.39, 0.29) is 0 Å². The van der Waals surface area contributed by atoms with Gasteiger partial charge in [-0.3, -0.25) is 0 Å². The number of hydrogen-bond donors (Lipinski definition) is 0. The van der Waals surface area contributed by atoms with Crippen molar-refractivity contribution in [3.63, 3.8) is 0 Å². The van der Waals surface area contributed by atoms with E-state index in [2.05, 4.69) is 125 Å². The maximum Gasteiger partial charge on any atom is -0.0200 e. The van der Waals surface area contributed by atoms with Crippen LogP contribution in [-0.2, 0) is 0 Å². The number of rotatable bonds is 0. The van der Waals surface area contributed by atoms with Crippen molar-refractivity contribution < 1.29 is 0 Å². The van der Waals surface area contributed by atoms with E-state index in [9.17, 15) is 0 Å². The third-order valence-corrected chi connectivity index (χ3v) is 12.0. The van der Waals surface area contributed by atoms with Gasteiger partial charge in [-0.25, -0.2) is 0 Å². The molecule has 0 aromatic carbocycles. The van der Waals surface area contributed by atoms with Crippen LogP contribution in [0.5, 0.6) is 0 Å². The first-order chi connectivity index (χ1) is 15.6. The fourth-order valence-electron chi connectivity index (χ4n) is 9.51. The molecule has 0 unspecified atom stereocenters. The second kappa shape index (κ2) is 10.2. The first-order valence-corrected chi connectivity index (χ1v) is 15.6. The second-order valence-corrected chi connectivity index (χ2v) is 19.3. The van der Waals surface area contributed by atoms with E-state index >= 15 is 0 Å². The Bertz CT molecular complexity index is 628. The normalized spacial score (nSPS) is 23.5. The van der Waals surface area contributed by atoms with Crippen LogP contribution in [-0.4, -0.2) is 0 Å². The van der Waals surface area contributed by atoms with Crippen LogP contribution < -0.4 is 0 Å². The highest BCUT2D eigenvalue weighted by atomic mass is 14.6. The van der Waals surface area contributed by atoms with Crippen molar-refractivity contribution in [2.24, 2.45) is 48.7 Å². The summed E-state index contributed by atoms with van der Waals surface area (Å²) in [5.74, 6) is 0. The SMILES string of the molecule is CC(C)(C)C1(C(C)(C)C)CC1.CC(C)(C)C1(C(C)(C)C)CCC1.CC(C)(C)C1(C(C)(C)C)CCCC1. The summed E-state index contributed by atoms with van der Waals surface area (Å²) in [6.45, 7) is 43.2. The minimum absolute atomic E-state index is 0.460. The van der Waals surface area contributed by atoms with E-state index in [1.54, 1.807) is 0 Å². The molecule has 0 spiro atoms. The minimum atomic E-state index is 0.460. The predicted octanol–water partition coefficient (Wildman–Crippen LogP) is 12.7. The molecule has 0 radical (unpaired) electrons. The molecular weight excluding hydrogens is 432 g/mol. The molecule has 3 aliphatic carbocycles. The Hall–Kier alpha value is 0. The first kappa shape index (κ1) is 34.0. The Labute approximate surface area is 231 Å². The average Bonchev–Trinajstić information content (AvgIpc) is 3.20. The summed E-state index contributed by atoms with van der Waals surface area (Å²) >= 11 is 0. The van der Waals surface area contributed by atoms with Crippen LogP contribution in [0.4, 0.5) is 0 Å². The van der Waals surface area contributed by atoms with Crippen molar-refractivity contribution in [2.45, 2.75) is 182 Å². The summed E-state index contributed by atoms with van der Waals surface area (Å²) in [6, 6.07) is 0. The lowest BCUT2D eigenvalue weighted by molar-refractivity contribution is -0.100. The Morgan fingerprint density at radius 1 is 0.250 bits per heavy atom. The molecule has 3 rings (SSSR count). The van der Waals surface area contributed by atoms with Gasteiger partial charge in [0.25, 0.3) is 0 Å². The third kappa shape index (κ3) is 6.41. The van der Waals surface area contributed by atoms with Gasteiger partial charge in [-0.15, -0.1) is 0 Å². The van der Waals surface area contributed by atoms with Crippen molar-refractivity contribution in [3.8, 4) is 0 Å². The molecule has 0 aromatic heterocycles. The van der Waals surface area contributed by atoms with Gasteiger partial charge in [0, 0.05) is 0 Å². The fourth-order valence-corrected chi connectivity index (χ4v) is 9.51. The lowest BCUT2D eigenvalue weighted by Gasteiger charge is -2.60. The molecule has 0 N–H and O–H groups in total. The lowest BCUT2D eigenvalue weighted by Crippen LogP contribution is -2.51. The van der Waals surface area contributed by atoms with Gasteiger partial charge in [0.1, 0.15) is 0 Å². The summed E-state index contributed by atoms with van der Waals surface area (Å²) in [5, 5.41) is 0. The Morgan fingerprint density at radius 3 is 0.472 bits per heavy atom. The van der Waals surface area contributed by atoms with Gasteiger partial charge in [-0.2, -0.15) is 0 Å². The molecule has 0 heteroatoms. The van der Waals surface area contributed by atoms with Gasteiger partial charge < -0.3 is 0 Å². The largest absolute Gasteiger partial charge is 0.0596 e. The molecule has 216 valence electrons. The summed E-state index contributed by atoms with van der Waals surface area (Å²) in [7, 11) is 0. The highest BCUT2D eigenvalue weighted by Crippen LogP contribution is 2.68. The summed E-state index contributed by atoms with van der Waals surface area (Å²) in [6.07, 6.45) is 12.9. The number of hydrogen-bond acceptors (Lipinski definition) is 0. The van der Waals surface area contributed by atoms with E-state index in [1.807, 2.05) is 0 Å². The Morgan fingerprint density at radius 2 is 0.417 bits per heavy atom. The summed E-state index contributed by atoms with van der Waals surface area (Å²) < 4.78 is 0. The molecule has 3 aliphatic rings. The van der Waals surface area contributed by atoms with Crippen LogP contribution in [0.3, 0.4) is 0 Å². The smallest absolute Gasteiger partial charge is 0.0200 e. The Balaban J connectivity index is 0.000000271. The van der Waals surface area contributed by atoms with E-state index < -0.39 is 0 Å². The molecule has 36 heavy (non-hydrogen) atoms. The zero-order valence-corrected chi connectivity index (χ0v) is 28.9. The van der Waals surface area contributed by atoms with Crippen molar-refractivity contribution >= 4 is 0 Å². The molecule has 0 aliphatic heterocycles. The standard InChI is InChI=1S/C13H26.C12H24.C11H22/c1-11(2,3)13(12(4,5)6)9-7-8-10-13;1-10(2,3)12(8-7-9-12)11(4,5)6;1-9(2,3)11(7-8-11)10(4,5)6/h7-10H2,1-6H3;7-9H2,1-6H3;7-8H2,1-6H3. The zero-order chi connectivity index (χ0) is 28.9. The molecule has 0 nitrogen and oxygen atoms in total. The van der Waals surface area contributed by atoms with Crippen molar-refractivity contribution in [2.75, 3.05) is 0 Å². The molecule has 0 aromatic rings. The molecule has 0 bridgehead atoms. The van der Waals surface area contributed by atoms with Crippen LogP contribution >= 0.6 is 0 Å². The maximum atomic E-state index is 2.42. The van der Waals surface area contributed by atoms with Crippen LogP contribution in [0.1, 0.15) is 182 Å². The molecule has 0 atom stereocenters. The monoisotopic (exact) mass is 505 g/mol. The second-order valence-electron chi connectivity index (χ2n) is 19.3. The average molecular weight is 505 g/mol. The summed E-state index contributed by atoms with van der Waals surface area (Å²) in [5.41, 5.74) is 4.65. The van der Waals surface area contributed by atoms with Crippen LogP contribution in [0, 0.1) is 48.7 Å². The van der Waals surface area contributed by atoms with Gasteiger partial charge in [-0.1, -0.05) is 144 Å². The van der Waals surface area contributed by atoms with E-state index in [0.717, 1.165) is 0 Å². The van der Waals surface area contributed by atoms with E-state index in [0.29, 0.717) is 48.7 Å². The van der Waals surface area contributed by atoms with E-state index in [4.69, 9.17) is 0 Å². The first-order valence-electron chi connectivity index (χ1n) is 15.6. The molecule has 0 amide bonds. The molecule has 0 saturated heterocycles. The quantitative estimate of drug-likeness (QED) is 0.307. The lowest BCUT2D eigenvalue weighted by atomic mass is 9.45. The highest BCUT2D eigenvalue weighted by Gasteiger charge is 2.58. The minimum Gasteiger partial charge on any atom is -0.0596 e. The molecule has 3 saturated carbocycles. The van der Waals surface area contributed by atoms with Crippen molar-refractivity contribution in [3.05, 3.63) is 0 Å². The fraction of sp³-hybridized carbons (Fsp3) is 1.00.